The number of thiazole rings is 1. The lowest BCUT2D eigenvalue weighted by Crippen LogP contribution is -2.41. The highest BCUT2D eigenvalue weighted by Crippen LogP contribution is 2.34. The van der Waals surface area contributed by atoms with Crippen molar-refractivity contribution in [2.24, 2.45) is 0 Å². The quantitative estimate of drug-likeness (QED) is 0.329. The van der Waals surface area contributed by atoms with Crippen molar-refractivity contribution in [3.05, 3.63) is 83.4 Å². The van der Waals surface area contributed by atoms with Crippen molar-refractivity contribution in [1.82, 2.24) is 9.88 Å². The lowest BCUT2D eigenvalue weighted by atomic mass is 10.1. The zero-order valence-corrected chi connectivity index (χ0v) is 22.7. The number of hydrogen-bond acceptors (Lipinski definition) is 6. The minimum absolute atomic E-state index is 0.00580. The van der Waals surface area contributed by atoms with E-state index in [9.17, 15) is 13.2 Å². The lowest BCUT2D eigenvalue weighted by Gasteiger charge is -2.31. The Balaban J connectivity index is 1.21. The van der Waals surface area contributed by atoms with E-state index in [0.29, 0.717) is 42.4 Å². The number of para-hydroxylation sites is 1. The monoisotopic (exact) mass is 535 g/mol. The number of aryl methyl sites for hydroxylation is 2. The summed E-state index contributed by atoms with van der Waals surface area (Å²) >= 11 is 1.57. The Kier molecular flexibility index (Phi) is 6.92. The van der Waals surface area contributed by atoms with E-state index in [1.807, 2.05) is 6.07 Å². The molecule has 3 aromatic carbocycles. The van der Waals surface area contributed by atoms with E-state index >= 15 is 0 Å². The van der Waals surface area contributed by atoms with Crippen LogP contribution in [0.4, 0.5) is 5.69 Å². The number of benzene rings is 3. The summed E-state index contributed by atoms with van der Waals surface area (Å²) in [5, 5.41) is 0.675. The Bertz CT molecular complexity index is 1490. The molecule has 0 atom stereocenters. The molecule has 0 unspecified atom stereocenters. The summed E-state index contributed by atoms with van der Waals surface area (Å²) < 4.78 is 34.6. The number of anilines is 1. The van der Waals surface area contributed by atoms with Gasteiger partial charge in [-0.15, -0.1) is 0 Å². The molecule has 37 heavy (non-hydrogen) atoms. The first-order valence-corrected chi connectivity index (χ1v) is 14.5. The van der Waals surface area contributed by atoms with Crippen LogP contribution in [0.5, 0.6) is 5.19 Å². The predicted molar refractivity (Wildman–Crippen MR) is 147 cm³/mol. The molecule has 1 aromatic heterocycles. The number of carbonyl (C=O) groups is 1. The third kappa shape index (κ3) is 5.06. The zero-order chi connectivity index (χ0) is 26.2. The lowest BCUT2D eigenvalue weighted by molar-refractivity contribution is 0.0595. The van der Waals surface area contributed by atoms with Crippen LogP contribution < -0.4 is 9.04 Å². The number of rotatable bonds is 6. The minimum Gasteiger partial charge on any atom is -0.467 e. The molecule has 1 aliphatic rings. The van der Waals surface area contributed by atoms with Gasteiger partial charge >= 0.3 is 0 Å². The van der Waals surface area contributed by atoms with Crippen LogP contribution in [0, 0.1) is 13.8 Å². The van der Waals surface area contributed by atoms with Gasteiger partial charge in [0.2, 0.25) is 0 Å². The average Bonchev–Trinajstić information content (AvgIpc) is 3.36. The second-order valence-electron chi connectivity index (χ2n) is 9.30. The Labute approximate surface area is 221 Å². The second-order valence-corrected chi connectivity index (χ2v) is 12.2. The fourth-order valence-electron chi connectivity index (χ4n) is 4.50. The molecule has 0 aliphatic carbocycles. The standard InChI is InChI=1S/C28H29N3O4S2/c1-19-9-10-20(2)26-25(19)29-28(36-26)35-23-15-17-31(18-16-23)27(32)21-11-13-24(14-12-21)37(33,34)30(3)22-7-5-4-6-8-22/h4-14,23H,15-18H2,1-3H3. The number of hydrogen-bond donors (Lipinski definition) is 0. The third-order valence-electron chi connectivity index (χ3n) is 6.80. The van der Waals surface area contributed by atoms with Crippen LogP contribution in [0.25, 0.3) is 10.2 Å². The van der Waals surface area contributed by atoms with E-state index in [1.165, 1.54) is 29.0 Å². The molecule has 1 amide bonds. The van der Waals surface area contributed by atoms with Crippen LogP contribution in [0.15, 0.2) is 71.6 Å². The van der Waals surface area contributed by atoms with Crippen molar-refractivity contribution in [2.75, 3.05) is 24.4 Å². The molecule has 4 aromatic rings. The van der Waals surface area contributed by atoms with Crippen molar-refractivity contribution in [3.63, 3.8) is 0 Å². The van der Waals surface area contributed by atoms with E-state index in [1.54, 1.807) is 52.6 Å². The number of likely N-dealkylation sites (tertiary alicyclic amines) is 1. The van der Waals surface area contributed by atoms with Crippen LogP contribution in [0.1, 0.15) is 34.3 Å². The van der Waals surface area contributed by atoms with Crippen molar-refractivity contribution in [1.29, 1.82) is 0 Å². The predicted octanol–water partition coefficient (Wildman–Crippen LogP) is 5.42. The van der Waals surface area contributed by atoms with Crippen molar-refractivity contribution in [3.8, 4) is 5.19 Å². The van der Waals surface area contributed by atoms with E-state index in [2.05, 4.69) is 26.0 Å². The van der Waals surface area contributed by atoms with Crippen LogP contribution >= 0.6 is 11.3 Å². The van der Waals surface area contributed by atoms with Crippen molar-refractivity contribution in [2.45, 2.75) is 37.7 Å². The summed E-state index contributed by atoms with van der Waals surface area (Å²) in [6.45, 7) is 5.28. The summed E-state index contributed by atoms with van der Waals surface area (Å²) in [6.07, 6.45) is 1.44. The summed E-state index contributed by atoms with van der Waals surface area (Å²) in [5.74, 6) is -0.106. The first kappa shape index (κ1) is 25.2. The average molecular weight is 536 g/mol. The Morgan fingerprint density at radius 3 is 2.27 bits per heavy atom. The van der Waals surface area contributed by atoms with Gasteiger partial charge in [0.05, 0.1) is 20.8 Å². The smallest absolute Gasteiger partial charge is 0.274 e. The van der Waals surface area contributed by atoms with Crippen molar-refractivity contribution >= 4 is 43.2 Å². The van der Waals surface area contributed by atoms with E-state index in [0.717, 1.165) is 15.8 Å². The number of piperidine rings is 1. The molecule has 1 fully saturated rings. The molecule has 0 spiro atoms. The van der Waals surface area contributed by atoms with E-state index in [4.69, 9.17) is 9.72 Å². The number of carbonyl (C=O) groups excluding carboxylic acids is 1. The van der Waals surface area contributed by atoms with E-state index in [-0.39, 0.29) is 16.9 Å². The zero-order valence-electron chi connectivity index (χ0n) is 21.0. The van der Waals surface area contributed by atoms with Gasteiger partial charge in [-0.05, 0) is 61.4 Å². The number of amides is 1. The molecule has 2 heterocycles. The molecule has 1 aliphatic heterocycles. The molecular formula is C28H29N3O4S2. The first-order chi connectivity index (χ1) is 17.7. The van der Waals surface area contributed by atoms with Gasteiger partial charge in [-0.3, -0.25) is 9.10 Å². The fraction of sp³-hybridized carbons (Fsp3) is 0.286. The van der Waals surface area contributed by atoms with Gasteiger partial charge in [0.1, 0.15) is 6.10 Å². The third-order valence-corrected chi connectivity index (χ3v) is 9.68. The molecule has 1 saturated heterocycles. The Morgan fingerprint density at radius 1 is 0.973 bits per heavy atom. The maximum absolute atomic E-state index is 13.1. The maximum Gasteiger partial charge on any atom is 0.274 e. The highest BCUT2D eigenvalue weighted by atomic mass is 32.2. The normalized spacial score (nSPS) is 14.6. The van der Waals surface area contributed by atoms with Gasteiger partial charge < -0.3 is 9.64 Å². The van der Waals surface area contributed by atoms with Crippen LogP contribution in [-0.4, -0.2) is 50.5 Å². The number of ether oxygens (including phenoxy) is 1. The minimum atomic E-state index is -3.72. The Hall–Kier alpha value is -3.43. The number of fused-ring (bicyclic) bond motifs is 1. The second kappa shape index (κ2) is 10.1. The SMILES string of the molecule is Cc1ccc(C)c2sc(OC3CCN(C(=O)c4ccc(S(=O)(=O)N(C)c5ccccc5)cc4)CC3)nc12. The molecule has 0 saturated carbocycles. The van der Waals surface area contributed by atoms with E-state index < -0.39 is 10.0 Å². The summed E-state index contributed by atoms with van der Waals surface area (Å²) in [7, 11) is -2.20. The molecule has 5 rings (SSSR count). The van der Waals surface area contributed by atoms with Gasteiger partial charge in [0.15, 0.2) is 0 Å². The Morgan fingerprint density at radius 2 is 1.62 bits per heavy atom. The molecule has 9 heteroatoms. The number of sulfonamides is 1. The summed E-state index contributed by atoms with van der Waals surface area (Å²) in [5.41, 5.74) is 4.37. The topological polar surface area (TPSA) is 79.8 Å². The highest BCUT2D eigenvalue weighted by molar-refractivity contribution is 7.92. The number of nitrogens with zero attached hydrogens (tertiary/aromatic N) is 3. The highest BCUT2D eigenvalue weighted by Gasteiger charge is 2.27. The molecular weight excluding hydrogens is 506 g/mol. The van der Waals surface area contributed by atoms with Crippen LogP contribution in [0.2, 0.25) is 0 Å². The van der Waals surface area contributed by atoms with Crippen molar-refractivity contribution < 1.29 is 17.9 Å². The summed E-state index contributed by atoms with van der Waals surface area (Å²) in [6, 6.07) is 19.2. The van der Waals surface area contributed by atoms with Gasteiger partial charge in [-0.2, -0.15) is 0 Å². The molecule has 7 nitrogen and oxygen atoms in total. The maximum atomic E-state index is 13.1. The van der Waals surface area contributed by atoms with Crippen LogP contribution in [0.3, 0.4) is 0 Å². The first-order valence-electron chi connectivity index (χ1n) is 12.2. The van der Waals surface area contributed by atoms with Gasteiger partial charge in [-0.1, -0.05) is 41.7 Å². The number of aromatic nitrogens is 1. The van der Waals surface area contributed by atoms with Crippen LogP contribution in [-0.2, 0) is 10.0 Å². The van der Waals surface area contributed by atoms with Gasteiger partial charge in [0.25, 0.3) is 21.1 Å². The molecule has 0 N–H and O–H groups in total. The molecule has 192 valence electrons. The van der Waals surface area contributed by atoms with Gasteiger partial charge in [-0.25, -0.2) is 13.4 Å². The van der Waals surface area contributed by atoms with Gasteiger partial charge in [0, 0.05) is 38.5 Å². The fourth-order valence-corrected chi connectivity index (χ4v) is 6.72. The largest absolute Gasteiger partial charge is 0.467 e. The molecule has 0 radical (unpaired) electrons. The molecule has 0 bridgehead atoms. The summed E-state index contributed by atoms with van der Waals surface area (Å²) in [4.78, 5) is 19.7.